The molecular weight excluding hydrogens is 279 g/mol. The molecule has 0 saturated carbocycles. The second-order valence-electron chi connectivity index (χ2n) is 2.91. The van der Waals surface area contributed by atoms with Gasteiger partial charge in [-0.25, -0.2) is 9.37 Å². The highest BCUT2D eigenvalue weighted by Crippen LogP contribution is 2.25. The van der Waals surface area contributed by atoms with Crippen molar-refractivity contribution in [3.8, 4) is 11.4 Å². The summed E-state index contributed by atoms with van der Waals surface area (Å²) in [6, 6.07) is 6.09. The van der Waals surface area contributed by atoms with Crippen molar-refractivity contribution in [2.45, 2.75) is 0 Å². The normalized spacial score (nSPS) is 10.3. The first-order chi connectivity index (χ1) is 7.16. The lowest BCUT2D eigenvalue weighted by atomic mass is 10.2. The standard InChI is InChI=1S/C10H6BrFN2S/c11-8-2-1-6(12)5-7(8)10-13-4-3-9(15)14-10/h1-5H,(H,13,14,15). The molecule has 0 bridgehead atoms. The van der Waals surface area contributed by atoms with E-state index in [0.717, 1.165) is 4.47 Å². The van der Waals surface area contributed by atoms with E-state index in [1.165, 1.54) is 12.1 Å². The largest absolute Gasteiger partial charge is 0.331 e. The van der Waals surface area contributed by atoms with Crippen molar-refractivity contribution in [1.29, 1.82) is 0 Å². The van der Waals surface area contributed by atoms with E-state index in [9.17, 15) is 4.39 Å². The highest BCUT2D eigenvalue weighted by Gasteiger charge is 2.05. The molecule has 2 nitrogen and oxygen atoms in total. The Labute approximate surface area is 99.3 Å². The molecule has 0 unspecified atom stereocenters. The van der Waals surface area contributed by atoms with Crippen molar-refractivity contribution in [3.63, 3.8) is 0 Å². The summed E-state index contributed by atoms with van der Waals surface area (Å²) in [5.74, 6) is 0.243. The van der Waals surface area contributed by atoms with Crippen molar-refractivity contribution in [3.05, 3.63) is 45.4 Å². The summed E-state index contributed by atoms with van der Waals surface area (Å²) >= 11 is 8.30. The maximum absolute atomic E-state index is 13.0. The van der Waals surface area contributed by atoms with Crippen LogP contribution >= 0.6 is 28.1 Å². The van der Waals surface area contributed by atoms with Gasteiger partial charge in [0.1, 0.15) is 16.3 Å². The van der Waals surface area contributed by atoms with E-state index in [2.05, 4.69) is 25.9 Å². The van der Waals surface area contributed by atoms with E-state index in [-0.39, 0.29) is 5.82 Å². The summed E-state index contributed by atoms with van der Waals surface area (Å²) < 4.78 is 14.4. The minimum atomic E-state index is -0.307. The van der Waals surface area contributed by atoms with Gasteiger partial charge in [-0.1, -0.05) is 28.1 Å². The van der Waals surface area contributed by atoms with Crippen molar-refractivity contribution in [2.24, 2.45) is 0 Å². The number of nitrogens with one attached hydrogen (secondary N) is 1. The number of benzene rings is 1. The summed E-state index contributed by atoms with van der Waals surface area (Å²) in [5, 5.41) is 0. The predicted molar refractivity (Wildman–Crippen MR) is 62.5 cm³/mol. The molecule has 0 saturated heterocycles. The zero-order valence-electron chi connectivity index (χ0n) is 7.50. The fourth-order valence-electron chi connectivity index (χ4n) is 1.19. The molecule has 0 spiro atoms. The van der Waals surface area contributed by atoms with E-state index in [0.29, 0.717) is 16.0 Å². The Morgan fingerprint density at radius 1 is 1.33 bits per heavy atom. The second-order valence-corrected chi connectivity index (χ2v) is 4.20. The highest BCUT2D eigenvalue weighted by molar-refractivity contribution is 9.10. The van der Waals surface area contributed by atoms with Crippen molar-refractivity contribution < 1.29 is 4.39 Å². The van der Waals surface area contributed by atoms with E-state index < -0.39 is 0 Å². The summed E-state index contributed by atoms with van der Waals surface area (Å²) in [4.78, 5) is 6.99. The zero-order valence-corrected chi connectivity index (χ0v) is 9.90. The van der Waals surface area contributed by atoms with Crippen molar-refractivity contribution >= 4 is 28.1 Å². The lowest BCUT2D eigenvalue weighted by molar-refractivity contribution is 0.628. The molecule has 1 aromatic heterocycles. The van der Waals surface area contributed by atoms with Crippen LogP contribution in [-0.2, 0) is 0 Å². The summed E-state index contributed by atoms with van der Waals surface area (Å²) in [5.41, 5.74) is 0.654. The molecule has 0 atom stereocenters. The van der Waals surface area contributed by atoms with Gasteiger partial charge in [-0.2, -0.15) is 0 Å². The van der Waals surface area contributed by atoms with Crippen LogP contribution in [0.15, 0.2) is 34.9 Å². The average molecular weight is 285 g/mol. The Hall–Kier alpha value is -1.07. The molecule has 0 radical (unpaired) electrons. The molecule has 0 aliphatic rings. The third kappa shape index (κ3) is 2.30. The fraction of sp³-hybridized carbons (Fsp3) is 0. The number of rotatable bonds is 1. The Morgan fingerprint density at radius 3 is 2.87 bits per heavy atom. The number of halogens is 2. The molecule has 1 heterocycles. The first kappa shape index (κ1) is 10.4. The predicted octanol–water partition coefficient (Wildman–Crippen LogP) is 3.71. The van der Waals surface area contributed by atoms with Crippen LogP contribution < -0.4 is 0 Å². The van der Waals surface area contributed by atoms with Crippen LogP contribution in [-0.4, -0.2) is 9.97 Å². The Kier molecular flexibility index (Phi) is 2.93. The molecule has 2 aromatic rings. The Morgan fingerprint density at radius 2 is 2.13 bits per heavy atom. The maximum atomic E-state index is 13.0. The number of hydrogen-bond donors (Lipinski definition) is 1. The Bertz CT molecular complexity index is 553. The third-order valence-electron chi connectivity index (χ3n) is 1.85. The quantitative estimate of drug-likeness (QED) is 0.809. The van der Waals surface area contributed by atoms with Gasteiger partial charge in [0.25, 0.3) is 0 Å². The average Bonchev–Trinajstić information content (AvgIpc) is 2.22. The molecule has 0 aliphatic carbocycles. The topological polar surface area (TPSA) is 28.7 Å². The van der Waals surface area contributed by atoms with Gasteiger partial charge in [0, 0.05) is 16.2 Å². The van der Waals surface area contributed by atoms with Gasteiger partial charge < -0.3 is 4.98 Å². The number of nitrogens with zero attached hydrogens (tertiary/aromatic N) is 1. The van der Waals surface area contributed by atoms with Crippen molar-refractivity contribution in [2.75, 3.05) is 0 Å². The minimum Gasteiger partial charge on any atom is -0.331 e. The van der Waals surface area contributed by atoms with E-state index in [1.54, 1.807) is 18.3 Å². The van der Waals surface area contributed by atoms with Crippen LogP contribution in [0, 0.1) is 10.5 Å². The molecule has 1 N–H and O–H groups in total. The van der Waals surface area contributed by atoms with Crippen LogP contribution in [0.25, 0.3) is 11.4 Å². The first-order valence-corrected chi connectivity index (χ1v) is 5.38. The molecule has 2 rings (SSSR count). The molecule has 5 heteroatoms. The van der Waals surface area contributed by atoms with Gasteiger partial charge in [0.15, 0.2) is 0 Å². The summed E-state index contributed by atoms with van der Waals surface area (Å²) in [6.07, 6.45) is 1.59. The minimum absolute atomic E-state index is 0.307. The molecule has 0 amide bonds. The van der Waals surface area contributed by atoms with Crippen LogP contribution in [0.1, 0.15) is 0 Å². The van der Waals surface area contributed by atoms with Gasteiger partial charge >= 0.3 is 0 Å². The zero-order chi connectivity index (χ0) is 10.8. The van der Waals surface area contributed by atoms with Crippen molar-refractivity contribution in [1.82, 2.24) is 9.97 Å². The van der Waals surface area contributed by atoms with Gasteiger partial charge in [0.05, 0.1) is 0 Å². The molecular formula is C10H6BrFN2S. The molecule has 0 aliphatic heterocycles. The molecule has 76 valence electrons. The van der Waals surface area contributed by atoms with Crippen LogP contribution in [0.5, 0.6) is 0 Å². The van der Waals surface area contributed by atoms with Crippen LogP contribution in [0.4, 0.5) is 4.39 Å². The lowest BCUT2D eigenvalue weighted by Crippen LogP contribution is -1.90. The SMILES string of the molecule is Fc1ccc(Br)c(-c2nccc(=S)[nH]2)c1. The molecule has 1 aromatic carbocycles. The fourth-order valence-corrected chi connectivity index (χ4v) is 1.78. The van der Waals surface area contributed by atoms with Gasteiger partial charge in [-0.15, -0.1) is 0 Å². The second kappa shape index (κ2) is 4.20. The monoisotopic (exact) mass is 284 g/mol. The number of H-pyrrole nitrogens is 1. The lowest BCUT2D eigenvalue weighted by Gasteiger charge is -2.03. The van der Waals surface area contributed by atoms with Gasteiger partial charge in [-0.05, 0) is 24.3 Å². The van der Waals surface area contributed by atoms with Crippen LogP contribution in [0.3, 0.4) is 0 Å². The van der Waals surface area contributed by atoms with E-state index in [4.69, 9.17) is 12.2 Å². The van der Waals surface area contributed by atoms with E-state index in [1.807, 2.05) is 0 Å². The van der Waals surface area contributed by atoms with E-state index >= 15 is 0 Å². The number of hydrogen-bond acceptors (Lipinski definition) is 2. The Balaban J connectivity index is 2.63. The van der Waals surface area contributed by atoms with Gasteiger partial charge in [-0.3, -0.25) is 0 Å². The summed E-state index contributed by atoms with van der Waals surface area (Å²) in [6.45, 7) is 0. The first-order valence-electron chi connectivity index (χ1n) is 4.17. The third-order valence-corrected chi connectivity index (χ3v) is 2.78. The molecule has 15 heavy (non-hydrogen) atoms. The maximum Gasteiger partial charge on any atom is 0.139 e. The van der Waals surface area contributed by atoms with Gasteiger partial charge in [0.2, 0.25) is 0 Å². The smallest absolute Gasteiger partial charge is 0.139 e. The highest BCUT2D eigenvalue weighted by atomic mass is 79.9. The number of aromatic amines is 1. The summed E-state index contributed by atoms with van der Waals surface area (Å²) in [7, 11) is 0. The molecule has 0 fully saturated rings. The number of aromatic nitrogens is 2. The van der Waals surface area contributed by atoms with Crippen LogP contribution in [0.2, 0.25) is 0 Å².